The van der Waals surface area contributed by atoms with E-state index in [2.05, 4.69) is 4.98 Å². The maximum Gasteiger partial charge on any atom is 0.140 e. The molecule has 5 heteroatoms. The first-order valence-electron chi connectivity index (χ1n) is 5.94. The Morgan fingerprint density at radius 1 is 1.26 bits per heavy atom. The highest BCUT2D eigenvalue weighted by atomic mass is 32.2. The SMILES string of the molecule is CC[C@H](N)c1ccc(Sc2ccc(F)cc2F)cn1. The lowest BCUT2D eigenvalue weighted by atomic mass is 10.1. The van der Waals surface area contributed by atoms with Crippen molar-refractivity contribution in [2.75, 3.05) is 0 Å². The van der Waals surface area contributed by atoms with Crippen molar-refractivity contribution in [1.82, 2.24) is 4.98 Å². The molecule has 1 atom stereocenters. The highest BCUT2D eigenvalue weighted by Gasteiger charge is 2.08. The Morgan fingerprint density at radius 3 is 2.63 bits per heavy atom. The normalized spacial score (nSPS) is 12.4. The topological polar surface area (TPSA) is 38.9 Å². The lowest BCUT2D eigenvalue weighted by molar-refractivity contribution is 0.565. The molecule has 0 saturated heterocycles. The van der Waals surface area contributed by atoms with Crippen molar-refractivity contribution >= 4 is 11.8 Å². The first-order valence-corrected chi connectivity index (χ1v) is 6.76. The summed E-state index contributed by atoms with van der Waals surface area (Å²) < 4.78 is 26.3. The van der Waals surface area contributed by atoms with Gasteiger partial charge in [-0.2, -0.15) is 0 Å². The Balaban J connectivity index is 2.15. The second-order valence-corrected chi connectivity index (χ2v) is 5.23. The molecule has 0 fully saturated rings. The third-order valence-corrected chi connectivity index (χ3v) is 3.73. The van der Waals surface area contributed by atoms with Gasteiger partial charge in [-0.15, -0.1) is 0 Å². The summed E-state index contributed by atoms with van der Waals surface area (Å²) in [5.41, 5.74) is 6.68. The van der Waals surface area contributed by atoms with E-state index in [1.54, 1.807) is 6.20 Å². The van der Waals surface area contributed by atoms with Crippen molar-refractivity contribution in [2.24, 2.45) is 5.73 Å². The molecule has 0 unspecified atom stereocenters. The van der Waals surface area contributed by atoms with Crippen molar-refractivity contribution < 1.29 is 8.78 Å². The second kappa shape index (κ2) is 6.12. The van der Waals surface area contributed by atoms with Crippen LogP contribution >= 0.6 is 11.8 Å². The summed E-state index contributed by atoms with van der Waals surface area (Å²) in [6.07, 6.45) is 2.46. The van der Waals surface area contributed by atoms with Gasteiger partial charge >= 0.3 is 0 Å². The molecule has 0 aliphatic carbocycles. The van der Waals surface area contributed by atoms with Crippen LogP contribution in [0.15, 0.2) is 46.3 Å². The smallest absolute Gasteiger partial charge is 0.140 e. The number of pyridine rings is 1. The van der Waals surface area contributed by atoms with Crippen molar-refractivity contribution in [3.8, 4) is 0 Å². The lowest BCUT2D eigenvalue weighted by Crippen LogP contribution is -2.10. The molecule has 2 rings (SSSR count). The van der Waals surface area contributed by atoms with E-state index >= 15 is 0 Å². The molecule has 19 heavy (non-hydrogen) atoms. The largest absolute Gasteiger partial charge is 0.323 e. The molecule has 2 N–H and O–H groups in total. The van der Waals surface area contributed by atoms with E-state index in [9.17, 15) is 8.78 Å². The number of nitrogens with two attached hydrogens (primary N) is 1. The van der Waals surface area contributed by atoms with E-state index in [-0.39, 0.29) is 6.04 Å². The molecule has 1 aromatic heterocycles. The van der Waals surface area contributed by atoms with Crippen LogP contribution in [0, 0.1) is 11.6 Å². The van der Waals surface area contributed by atoms with Gasteiger partial charge in [0.25, 0.3) is 0 Å². The van der Waals surface area contributed by atoms with Gasteiger partial charge in [-0.1, -0.05) is 18.7 Å². The minimum Gasteiger partial charge on any atom is -0.323 e. The van der Waals surface area contributed by atoms with E-state index in [1.165, 1.54) is 23.9 Å². The number of rotatable bonds is 4. The van der Waals surface area contributed by atoms with Crippen LogP contribution in [-0.4, -0.2) is 4.98 Å². The number of nitrogens with zero attached hydrogens (tertiary/aromatic N) is 1. The maximum atomic E-state index is 13.5. The third-order valence-electron chi connectivity index (χ3n) is 2.70. The van der Waals surface area contributed by atoms with Crippen LogP contribution in [0.5, 0.6) is 0 Å². The van der Waals surface area contributed by atoms with Crippen LogP contribution in [0.3, 0.4) is 0 Å². The van der Waals surface area contributed by atoms with Gasteiger partial charge < -0.3 is 5.73 Å². The Kier molecular flexibility index (Phi) is 4.50. The fraction of sp³-hybridized carbons (Fsp3) is 0.214. The average Bonchev–Trinajstić information content (AvgIpc) is 2.42. The van der Waals surface area contributed by atoms with Gasteiger partial charge in [-0.25, -0.2) is 8.78 Å². The number of benzene rings is 1. The number of halogens is 2. The Hall–Kier alpha value is -1.46. The predicted molar refractivity (Wildman–Crippen MR) is 71.9 cm³/mol. The standard InChI is InChI=1S/C14H14F2N2S/c1-2-12(17)13-5-4-10(8-18-13)19-14-6-3-9(15)7-11(14)16/h3-8,12H,2,17H2,1H3/t12-/m0/s1. The minimum atomic E-state index is -0.579. The molecular weight excluding hydrogens is 266 g/mol. The van der Waals surface area contributed by atoms with E-state index in [0.29, 0.717) is 4.90 Å². The zero-order valence-electron chi connectivity index (χ0n) is 10.4. The maximum absolute atomic E-state index is 13.5. The molecule has 0 amide bonds. The van der Waals surface area contributed by atoms with Crippen molar-refractivity contribution in [3.63, 3.8) is 0 Å². The molecule has 0 spiro atoms. The molecule has 0 radical (unpaired) electrons. The van der Waals surface area contributed by atoms with Gasteiger partial charge in [0.2, 0.25) is 0 Å². The van der Waals surface area contributed by atoms with Crippen LogP contribution in [-0.2, 0) is 0 Å². The van der Waals surface area contributed by atoms with Gasteiger partial charge in [0, 0.05) is 28.1 Å². The summed E-state index contributed by atoms with van der Waals surface area (Å²) in [5.74, 6) is -1.15. The molecule has 0 aliphatic rings. The summed E-state index contributed by atoms with van der Waals surface area (Å²) in [6, 6.07) is 7.11. The second-order valence-electron chi connectivity index (χ2n) is 4.11. The fourth-order valence-corrected chi connectivity index (χ4v) is 2.35. The van der Waals surface area contributed by atoms with E-state index < -0.39 is 11.6 Å². The first kappa shape index (κ1) is 14.0. The van der Waals surface area contributed by atoms with Gasteiger partial charge in [-0.05, 0) is 30.7 Å². The summed E-state index contributed by atoms with van der Waals surface area (Å²) in [6.45, 7) is 1.99. The fourth-order valence-electron chi connectivity index (χ4n) is 1.57. The van der Waals surface area contributed by atoms with E-state index in [1.807, 2.05) is 19.1 Å². The number of aromatic nitrogens is 1. The Labute approximate surface area is 115 Å². The molecular formula is C14H14F2N2S. The van der Waals surface area contributed by atoms with Crippen LogP contribution in [0.25, 0.3) is 0 Å². The Bertz CT molecular complexity index is 558. The van der Waals surface area contributed by atoms with Gasteiger partial charge in [0.1, 0.15) is 11.6 Å². The quantitative estimate of drug-likeness (QED) is 0.922. The zero-order valence-corrected chi connectivity index (χ0v) is 11.3. The van der Waals surface area contributed by atoms with Crippen LogP contribution in [0.2, 0.25) is 0 Å². The monoisotopic (exact) mass is 280 g/mol. The molecule has 2 nitrogen and oxygen atoms in total. The van der Waals surface area contributed by atoms with Crippen molar-refractivity contribution in [2.45, 2.75) is 29.2 Å². The number of hydrogen-bond donors (Lipinski definition) is 1. The van der Waals surface area contributed by atoms with Crippen molar-refractivity contribution in [1.29, 1.82) is 0 Å². The molecule has 100 valence electrons. The summed E-state index contributed by atoms with van der Waals surface area (Å²) in [5, 5.41) is 0. The predicted octanol–water partition coefficient (Wildman–Crippen LogP) is 3.92. The van der Waals surface area contributed by atoms with Gasteiger partial charge in [0.15, 0.2) is 0 Å². The molecule has 1 heterocycles. The molecule has 2 aromatic rings. The summed E-state index contributed by atoms with van der Waals surface area (Å²) in [4.78, 5) is 5.41. The molecule has 1 aromatic carbocycles. The van der Waals surface area contributed by atoms with Gasteiger partial charge in [-0.3, -0.25) is 4.98 Å². The van der Waals surface area contributed by atoms with Crippen molar-refractivity contribution in [3.05, 3.63) is 53.9 Å². The Morgan fingerprint density at radius 2 is 2.05 bits per heavy atom. The molecule has 0 saturated carbocycles. The third kappa shape index (κ3) is 3.52. The summed E-state index contributed by atoms with van der Waals surface area (Å²) >= 11 is 1.21. The summed E-state index contributed by atoms with van der Waals surface area (Å²) in [7, 11) is 0. The highest BCUT2D eigenvalue weighted by molar-refractivity contribution is 7.99. The highest BCUT2D eigenvalue weighted by Crippen LogP contribution is 2.30. The van der Waals surface area contributed by atoms with Crippen LogP contribution < -0.4 is 5.73 Å². The minimum absolute atomic E-state index is 0.0818. The lowest BCUT2D eigenvalue weighted by Gasteiger charge is -2.08. The van der Waals surface area contributed by atoms with Gasteiger partial charge in [0.05, 0.1) is 5.69 Å². The molecule has 0 bridgehead atoms. The molecule has 0 aliphatic heterocycles. The average molecular weight is 280 g/mol. The van der Waals surface area contributed by atoms with Crippen LogP contribution in [0.1, 0.15) is 25.1 Å². The van der Waals surface area contributed by atoms with E-state index in [0.717, 1.165) is 23.1 Å². The van der Waals surface area contributed by atoms with E-state index in [4.69, 9.17) is 5.73 Å². The number of hydrogen-bond acceptors (Lipinski definition) is 3. The van der Waals surface area contributed by atoms with Crippen LogP contribution in [0.4, 0.5) is 8.78 Å². The zero-order chi connectivity index (χ0) is 13.8. The first-order chi connectivity index (χ1) is 9.10.